The Morgan fingerprint density at radius 3 is 3.20 bits per heavy atom. The van der Waals surface area contributed by atoms with Crippen LogP contribution in [0.25, 0.3) is 0 Å². The fourth-order valence-electron chi connectivity index (χ4n) is 1.72. The van der Waals surface area contributed by atoms with Crippen molar-refractivity contribution in [2.75, 3.05) is 0 Å². The number of fused-ring (bicyclic) bond motifs is 1. The molecule has 2 rings (SSSR count). The summed E-state index contributed by atoms with van der Waals surface area (Å²) in [6, 6.07) is 2.00. The fourth-order valence-corrected chi connectivity index (χ4v) is 1.72. The molecular formula is C11H13NO3. The number of hydrogen-bond donors (Lipinski definition) is 1. The van der Waals surface area contributed by atoms with Gasteiger partial charge < -0.3 is 9.84 Å². The molecule has 0 bridgehead atoms. The molecular weight excluding hydrogens is 194 g/mol. The van der Waals surface area contributed by atoms with Crippen molar-refractivity contribution in [1.82, 2.24) is 4.98 Å². The van der Waals surface area contributed by atoms with Crippen molar-refractivity contribution in [3.63, 3.8) is 0 Å². The molecule has 1 atom stereocenters. The zero-order chi connectivity index (χ0) is 10.8. The number of hydrogen-bond acceptors (Lipinski definition) is 3. The van der Waals surface area contributed by atoms with Gasteiger partial charge in [0.15, 0.2) is 0 Å². The van der Waals surface area contributed by atoms with Gasteiger partial charge in [0.1, 0.15) is 0 Å². The van der Waals surface area contributed by atoms with E-state index in [4.69, 9.17) is 9.84 Å². The Morgan fingerprint density at radius 2 is 2.47 bits per heavy atom. The average Bonchev–Trinajstić information content (AvgIpc) is 2.62. The lowest BCUT2D eigenvalue weighted by atomic mass is 9.98. The van der Waals surface area contributed by atoms with E-state index in [9.17, 15) is 4.79 Å². The monoisotopic (exact) mass is 207 g/mol. The van der Waals surface area contributed by atoms with Crippen molar-refractivity contribution in [3.8, 4) is 0 Å². The van der Waals surface area contributed by atoms with Crippen LogP contribution in [0.2, 0.25) is 0 Å². The van der Waals surface area contributed by atoms with E-state index in [1.807, 2.05) is 13.0 Å². The highest BCUT2D eigenvalue weighted by molar-refractivity contribution is 5.67. The molecule has 1 aliphatic rings. The quantitative estimate of drug-likeness (QED) is 0.819. The number of nitrogens with zero attached hydrogens (tertiary/aromatic N) is 1. The number of ether oxygens (including phenoxy) is 1. The van der Waals surface area contributed by atoms with E-state index in [0.29, 0.717) is 13.2 Å². The van der Waals surface area contributed by atoms with Gasteiger partial charge in [-0.2, -0.15) is 0 Å². The van der Waals surface area contributed by atoms with Gasteiger partial charge >= 0.3 is 5.97 Å². The highest BCUT2D eigenvalue weighted by Gasteiger charge is 2.16. The summed E-state index contributed by atoms with van der Waals surface area (Å²) in [6.45, 7) is 3.06. The Morgan fingerprint density at radius 1 is 1.67 bits per heavy atom. The van der Waals surface area contributed by atoms with Crippen molar-refractivity contribution >= 4 is 5.97 Å². The molecule has 0 radical (unpaired) electrons. The van der Waals surface area contributed by atoms with Gasteiger partial charge in [0, 0.05) is 11.8 Å². The number of carboxylic acid groups (broad SMARTS) is 1. The van der Waals surface area contributed by atoms with Crippen LogP contribution in [-0.2, 0) is 22.7 Å². The SMILES string of the molecule is CC(CC(=O)O)c1cnc2c(c1)COC2. The van der Waals surface area contributed by atoms with Gasteiger partial charge in [-0.1, -0.05) is 6.92 Å². The van der Waals surface area contributed by atoms with Crippen molar-refractivity contribution in [3.05, 3.63) is 29.1 Å². The zero-order valence-corrected chi connectivity index (χ0v) is 8.56. The van der Waals surface area contributed by atoms with Crippen LogP contribution in [0.5, 0.6) is 0 Å². The highest BCUT2D eigenvalue weighted by atomic mass is 16.5. The number of carbonyl (C=O) groups is 1. The van der Waals surface area contributed by atoms with E-state index in [2.05, 4.69) is 4.98 Å². The highest BCUT2D eigenvalue weighted by Crippen LogP contribution is 2.24. The minimum atomic E-state index is -0.778. The van der Waals surface area contributed by atoms with E-state index in [1.165, 1.54) is 0 Å². The van der Waals surface area contributed by atoms with Gasteiger partial charge in [0.25, 0.3) is 0 Å². The maximum atomic E-state index is 10.6. The summed E-state index contributed by atoms with van der Waals surface area (Å²) < 4.78 is 5.25. The molecule has 1 aromatic heterocycles. The molecule has 4 nitrogen and oxygen atoms in total. The number of carboxylic acids is 1. The predicted octanol–water partition coefficient (Wildman–Crippen LogP) is 1.69. The standard InChI is InChI=1S/C11H13NO3/c1-7(2-11(13)14)8-3-9-5-15-6-10(9)12-4-8/h3-4,7H,2,5-6H2,1H3,(H,13,14). The second-order valence-electron chi connectivity index (χ2n) is 3.87. The molecule has 1 aromatic rings. The first-order valence-electron chi connectivity index (χ1n) is 4.94. The molecule has 1 aliphatic heterocycles. The Kier molecular flexibility index (Phi) is 2.68. The lowest BCUT2D eigenvalue weighted by Crippen LogP contribution is -2.04. The third-order valence-corrected chi connectivity index (χ3v) is 2.63. The van der Waals surface area contributed by atoms with Gasteiger partial charge in [-0.05, 0) is 17.5 Å². The number of aliphatic carboxylic acids is 1. The maximum Gasteiger partial charge on any atom is 0.303 e. The van der Waals surface area contributed by atoms with Gasteiger partial charge in [0.05, 0.1) is 25.3 Å². The zero-order valence-electron chi connectivity index (χ0n) is 8.56. The van der Waals surface area contributed by atoms with Crippen LogP contribution >= 0.6 is 0 Å². The molecule has 2 heterocycles. The fraction of sp³-hybridized carbons (Fsp3) is 0.455. The first-order valence-corrected chi connectivity index (χ1v) is 4.94. The van der Waals surface area contributed by atoms with Crippen LogP contribution in [0.4, 0.5) is 0 Å². The third kappa shape index (κ3) is 2.15. The van der Waals surface area contributed by atoms with Crippen molar-refractivity contribution < 1.29 is 14.6 Å². The molecule has 0 aliphatic carbocycles. The molecule has 0 aromatic carbocycles. The molecule has 0 saturated carbocycles. The van der Waals surface area contributed by atoms with E-state index < -0.39 is 5.97 Å². The Bertz CT molecular complexity index is 389. The first-order chi connectivity index (χ1) is 7.16. The minimum absolute atomic E-state index is 0.000833. The molecule has 1 unspecified atom stereocenters. The molecule has 0 saturated heterocycles. The molecule has 4 heteroatoms. The van der Waals surface area contributed by atoms with Crippen LogP contribution in [0, 0.1) is 0 Å². The van der Waals surface area contributed by atoms with Crippen molar-refractivity contribution in [2.24, 2.45) is 0 Å². The molecule has 0 fully saturated rings. The van der Waals surface area contributed by atoms with Gasteiger partial charge in [0.2, 0.25) is 0 Å². The lowest BCUT2D eigenvalue weighted by molar-refractivity contribution is -0.137. The second-order valence-corrected chi connectivity index (χ2v) is 3.87. The largest absolute Gasteiger partial charge is 0.481 e. The van der Waals surface area contributed by atoms with Crippen LogP contribution in [0.1, 0.15) is 36.1 Å². The average molecular weight is 207 g/mol. The molecule has 0 amide bonds. The first kappa shape index (κ1) is 10.1. The molecule has 1 N–H and O–H groups in total. The normalized spacial score (nSPS) is 16.1. The third-order valence-electron chi connectivity index (χ3n) is 2.63. The molecule has 80 valence electrons. The summed E-state index contributed by atoms with van der Waals surface area (Å²) in [5, 5.41) is 8.69. The Balaban J connectivity index is 2.19. The van der Waals surface area contributed by atoms with Crippen molar-refractivity contribution in [1.29, 1.82) is 0 Å². The summed E-state index contributed by atoms with van der Waals surface area (Å²) in [6.07, 6.45) is 1.89. The minimum Gasteiger partial charge on any atom is -0.481 e. The van der Waals surface area contributed by atoms with Crippen LogP contribution < -0.4 is 0 Å². The summed E-state index contributed by atoms with van der Waals surface area (Å²) >= 11 is 0. The predicted molar refractivity (Wildman–Crippen MR) is 53.4 cm³/mol. The maximum absolute atomic E-state index is 10.6. The van der Waals surface area contributed by atoms with Gasteiger partial charge in [-0.25, -0.2) is 0 Å². The van der Waals surface area contributed by atoms with E-state index >= 15 is 0 Å². The Labute approximate surface area is 87.9 Å². The lowest BCUT2D eigenvalue weighted by Gasteiger charge is -2.09. The topological polar surface area (TPSA) is 59.4 Å². The molecule has 0 spiro atoms. The smallest absolute Gasteiger partial charge is 0.303 e. The summed E-state index contributed by atoms with van der Waals surface area (Å²) in [5.41, 5.74) is 3.03. The second kappa shape index (κ2) is 3.98. The summed E-state index contributed by atoms with van der Waals surface area (Å²) in [7, 11) is 0. The number of pyridine rings is 1. The van der Waals surface area contributed by atoms with Crippen LogP contribution in [0.3, 0.4) is 0 Å². The number of rotatable bonds is 3. The molecule has 15 heavy (non-hydrogen) atoms. The van der Waals surface area contributed by atoms with E-state index in [1.54, 1.807) is 6.20 Å². The van der Waals surface area contributed by atoms with E-state index in [0.717, 1.165) is 16.8 Å². The summed E-state index contributed by atoms with van der Waals surface area (Å²) in [5.74, 6) is -0.778. The van der Waals surface area contributed by atoms with Gasteiger partial charge in [-0.15, -0.1) is 0 Å². The van der Waals surface area contributed by atoms with Gasteiger partial charge in [-0.3, -0.25) is 9.78 Å². The van der Waals surface area contributed by atoms with E-state index in [-0.39, 0.29) is 12.3 Å². The van der Waals surface area contributed by atoms with Crippen molar-refractivity contribution in [2.45, 2.75) is 32.5 Å². The van der Waals surface area contributed by atoms with Crippen LogP contribution in [0.15, 0.2) is 12.3 Å². The summed E-state index contributed by atoms with van der Waals surface area (Å²) in [4.78, 5) is 14.8. The van der Waals surface area contributed by atoms with Crippen LogP contribution in [-0.4, -0.2) is 16.1 Å². The Hall–Kier alpha value is -1.42. The number of aromatic nitrogens is 1.